The number of ether oxygens (including phenoxy) is 2. The summed E-state index contributed by atoms with van der Waals surface area (Å²) in [6.45, 7) is 3.21. The third kappa shape index (κ3) is 5.93. The molecule has 6 heteroatoms. The molecule has 0 aliphatic rings. The third-order valence-electron chi connectivity index (χ3n) is 2.34. The summed E-state index contributed by atoms with van der Waals surface area (Å²) in [5.74, 6) is 0.494. The van der Waals surface area contributed by atoms with Gasteiger partial charge >= 0.3 is 0 Å². The third-order valence-corrected chi connectivity index (χ3v) is 3.52. The summed E-state index contributed by atoms with van der Waals surface area (Å²) in [6, 6.07) is 3.88. The molecule has 0 unspecified atom stereocenters. The zero-order chi connectivity index (χ0) is 14.3. The second-order valence-electron chi connectivity index (χ2n) is 4.04. The lowest BCUT2D eigenvalue weighted by Gasteiger charge is -2.11. The SMILES string of the molecule is COCCCNC(=O)COc1c(Br)cc(C)cc1Br. The number of carbonyl (C=O) groups excluding carboxylic acids is 1. The van der Waals surface area contributed by atoms with Crippen LogP contribution in [-0.4, -0.2) is 32.8 Å². The Bertz CT molecular complexity index is 415. The molecule has 0 aromatic heterocycles. The van der Waals surface area contributed by atoms with E-state index in [1.54, 1.807) is 7.11 Å². The zero-order valence-electron chi connectivity index (χ0n) is 11.0. The molecular formula is C13H17Br2NO3. The summed E-state index contributed by atoms with van der Waals surface area (Å²) in [7, 11) is 1.64. The number of hydrogen-bond donors (Lipinski definition) is 1. The number of rotatable bonds is 7. The lowest BCUT2D eigenvalue weighted by atomic mass is 10.2. The van der Waals surface area contributed by atoms with Crippen molar-refractivity contribution in [1.82, 2.24) is 5.32 Å². The van der Waals surface area contributed by atoms with Crippen LogP contribution in [0.1, 0.15) is 12.0 Å². The predicted octanol–water partition coefficient (Wildman–Crippen LogP) is 3.05. The fourth-order valence-electron chi connectivity index (χ4n) is 1.46. The van der Waals surface area contributed by atoms with Gasteiger partial charge in [0.05, 0.1) is 8.95 Å². The van der Waals surface area contributed by atoms with Crippen molar-refractivity contribution >= 4 is 37.8 Å². The Balaban J connectivity index is 2.42. The largest absolute Gasteiger partial charge is 0.481 e. The highest BCUT2D eigenvalue weighted by Gasteiger charge is 2.09. The molecule has 0 spiro atoms. The summed E-state index contributed by atoms with van der Waals surface area (Å²) < 4.78 is 12.1. The zero-order valence-corrected chi connectivity index (χ0v) is 14.1. The molecule has 0 atom stereocenters. The molecular weight excluding hydrogens is 378 g/mol. The van der Waals surface area contributed by atoms with Crippen LogP contribution in [0.15, 0.2) is 21.1 Å². The Hall–Kier alpha value is -0.590. The second-order valence-corrected chi connectivity index (χ2v) is 5.75. The van der Waals surface area contributed by atoms with Crippen LogP contribution in [0.2, 0.25) is 0 Å². The van der Waals surface area contributed by atoms with Crippen LogP contribution >= 0.6 is 31.9 Å². The minimum atomic E-state index is -0.143. The number of amides is 1. The molecule has 1 N–H and O–H groups in total. The minimum Gasteiger partial charge on any atom is -0.481 e. The van der Waals surface area contributed by atoms with E-state index in [-0.39, 0.29) is 12.5 Å². The van der Waals surface area contributed by atoms with Gasteiger partial charge in [0.15, 0.2) is 6.61 Å². The van der Waals surface area contributed by atoms with Crippen LogP contribution in [0.5, 0.6) is 5.75 Å². The van der Waals surface area contributed by atoms with Gasteiger partial charge in [-0.3, -0.25) is 4.79 Å². The van der Waals surface area contributed by atoms with Crippen LogP contribution in [0.25, 0.3) is 0 Å². The van der Waals surface area contributed by atoms with E-state index in [0.717, 1.165) is 20.9 Å². The molecule has 1 amide bonds. The highest BCUT2D eigenvalue weighted by atomic mass is 79.9. The van der Waals surface area contributed by atoms with Gasteiger partial charge in [0.2, 0.25) is 0 Å². The fourth-order valence-corrected chi connectivity index (χ4v) is 3.10. The van der Waals surface area contributed by atoms with Gasteiger partial charge in [-0.2, -0.15) is 0 Å². The first-order valence-corrected chi connectivity index (χ1v) is 7.47. The lowest BCUT2D eigenvalue weighted by molar-refractivity contribution is -0.123. The Labute approximate surface area is 130 Å². The average molecular weight is 395 g/mol. The number of carbonyl (C=O) groups is 1. The van der Waals surface area contributed by atoms with Crippen molar-refractivity contribution in [3.8, 4) is 5.75 Å². The van der Waals surface area contributed by atoms with Gasteiger partial charge in [-0.15, -0.1) is 0 Å². The van der Waals surface area contributed by atoms with E-state index in [0.29, 0.717) is 18.9 Å². The van der Waals surface area contributed by atoms with Gasteiger partial charge in [-0.25, -0.2) is 0 Å². The molecule has 1 rings (SSSR count). The van der Waals surface area contributed by atoms with Crippen LogP contribution in [0.3, 0.4) is 0 Å². The molecule has 4 nitrogen and oxygen atoms in total. The molecule has 0 aliphatic heterocycles. The topological polar surface area (TPSA) is 47.6 Å². The van der Waals surface area contributed by atoms with Crippen molar-refractivity contribution in [2.45, 2.75) is 13.3 Å². The summed E-state index contributed by atoms with van der Waals surface area (Å²) in [5, 5.41) is 2.76. The molecule has 0 bridgehead atoms. The van der Waals surface area contributed by atoms with Crippen LogP contribution in [-0.2, 0) is 9.53 Å². The standard InChI is InChI=1S/C13H17Br2NO3/c1-9-6-10(14)13(11(15)7-9)19-8-12(17)16-4-3-5-18-2/h6-7H,3-5,8H2,1-2H3,(H,16,17). The van der Waals surface area contributed by atoms with E-state index >= 15 is 0 Å². The Kier molecular flexibility index (Phi) is 7.41. The van der Waals surface area contributed by atoms with Crippen molar-refractivity contribution in [2.24, 2.45) is 0 Å². The molecule has 106 valence electrons. The maximum absolute atomic E-state index is 11.6. The van der Waals surface area contributed by atoms with Crippen molar-refractivity contribution in [3.63, 3.8) is 0 Å². The maximum atomic E-state index is 11.6. The molecule has 0 aliphatic carbocycles. The Morgan fingerprint density at radius 1 is 1.32 bits per heavy atom. The van der Waals surface area contributed by atoms with E-state index < -0.39 is 0 Å². The first-order chi connectivity index (χ1) is 9.04. The van der Waals surface area contributed by atoms with Gasteiger partial charge in [0, 0.05) is 20.3 Å². The second kappa shape index (κ2) is 8.55. The van der Waals surface area contributed by atoms with Crippen LogP contribution < -0.4 is 10.1 Å². The average Bonchev–Trinajstić information content (AvgIpc) is 2.33. The van der Waals surface area contributed by atoms with Gasteiger partial charge in [-0.1, -0.05) is 0 Å². The molecule has 0 heterocycles. The summed E-state index contributed by atoms with van der Waals surface area (Å²) in [5.41, 5.74) is 1.11. The fraction of sp³-hybridized carbons (Fsp3) is 0.462. The first kappa shape index (κ1) is 16.5. The quantitative estimate of drug-likeness (QED) is 0.723. The number of hydrogen-bond acceptors (Lipinski definition) is 3. The molecule has 0 radical (unpaired) electrons. The number of benzene rings is 1. The van der Waals surface area contributed by atoms with Gasteiger partial charge in [-0.05, 0) is 62.9 Å². The van der Waals surface area contributed by atoms with Crippen LogP contribution in [0, 0.1) is 6.92 Å². The monoisotopic (exact) mass is 393 g/mol. The number of nitrogens with one attached hydrogen (secondary N) is 1. The number of halogens is 2. The van der Waals surface area contributed by atoms with Gasteiger partial charge < -0.3 is 14.8 Å². The maximum Gasteiger partial charge on any atom is 0.257 e. The van der Waals surface area contributed by atoms with Gasteiger partial charge in [0.25, 0.3) is 5.91 Å². The molecule has 1 aromatic carbocycles. The number of methoxy groups -OCH3 is 1. The van der Waals surface area contributed by atoms with Crippen molar-refractivity contribution in [3.05, 3.63) is 26.6 Å². The molecule has 19 heavy (non-hydrogen) atoms. The normalized spacial score (nSPS) is 10.3. The van der Waals surface area contributed by atoms with E-state index in [1.165, 1.54) is 0 Å². The van der Waals surface area contributed by atoms with E-state index in [2.05, 4.69) is 37.2 Å². The summed E-state index contributed by atoms with van der Waals surface area (Å²) >= 11 is 6.84. The highest BCUT2D eigenvalue weighted by molar-refractivity contribution is 9.11. The lowest BCUT2D eigenvalue weighted by Crippen LogP contribution is -2.30. The molecule has 0 saturated carbocycles. The Morgan fingerprint density at radius 3 is 2.53 bits per heavy atom. The first-order valence-electron chi connectivity index (χ1n) is 5.88. The Morgan fingerprint density at radius 2 is 1.95 bits per heavy atom. The van der Waals surface area contributed by atoms with E-state index in [1.807, 2.05) is 19.1 Å². The molecule has 1 aromatic rings. The summed E-state index contributed by atoms with van der Waals surface area (Å²) in [4.78, 5) is 11.6. The van der Waals surface area contributed by atoms with Crippen LogP contribution in [0.4, 0.5) is 0 Å². The van der Waals surface area contributed by atoms with Crippen molar-refractivity contribution in [1.29, 1.82) is 0 Å². The minimum absolute atomic E-state index is 0.00670. The smallest absolute Gasteiger partial charge is 0.257 e. The summed E-state index contributed by atoms with van der Waals surface area (Å²) in [6.07, 6.45) is 0.792. The predicted molar refractivity (Wildman–Crippen MR) is 81.6 cm³/mol. The highest BCUT2D eigenvalue weighted by Crippen LogP contribution is 2.34. The van der Waals surface area contributed by atoms with Gasteiger partial charge in [0.1, 0.15) is 5.75 Å². The van der Waals surface area contributed by atoms with Crippen molar-refractivity contribution in [2.75, 3.05) is 26.9 Å². The molecule has 0 saturated heterocycles. The van der Waals surface area contributed by atoms with E-state index in [4.69, 9.17) is 9.47 Å². The molecule has 0 fully saturated rings. The number of aryl methyl sites for hydroxylation is 1. The van der Waals surface area contributed by atoms with Crippen molar-refractivity contribution < 1.29 is 14.3 Å². The van der Waals surface area contributed by atoms with E-state index in [9.17, 15) is 4.79 Å².